The first-order valence-electron chi connectivity index (χ1n) is 6.44. The zero-order valence-electron chi connectivity index (χ0n) is 11.4. The van der Waals surface area contributed by atoms with Crippen LogP contribution in [0.5, 0.6) is 5.75 Å². The van der Waals surface area contributed by atoms with Gasteiger partial charge in [-0.3, -0.25) is 0 Å². The van der Waals surface area contributed by atoms with Crippen LogP contribution in [0.25, 0.3) is 10.2 Å². The van der Waals surface area contributed by atoms with Gasteiger partial charge in [-0.2, -0.15) is 0 Å². The number of fused-ring (bicyclic) bond motifs is 1. The molecule has 1 N–H and O–H groups in total. The summed E-state index contributed by atoms with van der Waals surface area (Å²) < 4.78 is 6.88. The predicted octanol–water partition coefficient (Wildman–Crippen LogP) is 3.88. The van der Waals surface area contributed by atoms with Gasteiger partial charge in [0, 0.05) is 0 Å². The summed E-state index contributed by atoms with van der Waals surface area (Å²) in [6.45, 7) is 2.22. The normalized spacial score (nSPS) is 10.7. The molecule has 0 spiro atoms. The Morgan fingerprint density at radius 2 is 2.10 bits per heavy atom. The third kappa shape index (κ3) is 2.87. The van der Waals surface area contributed by atoms with Gasteiger partial charge in [-0.1, -0.05) is 12.1 Å². The Morgan fingerprint density at radius 3 is 2.81 bits per heavy atom. The summed E-state index contributed by atoms with van der Waals surface area (Å²) in [7, 11) is 0. The molecule has 0 radical (unpaired) electrons. The van der Waals surface area contributed by atoms with Gasteiger partial charge in [0.15, 0.2) is 0 Å². The van der Waals surface area contributed by atoms with E-state index in [0.29, 0.717) is 12.4 Å². The van der Waals surface area contributed by atoms with E-state index < -0.39 is 5.97 Å². The Kier molecular flexibility index (Phi) is 3.58. The standard InChI is InChI=1S/C16H13NO3S/c1-10-8-11(16(18)19)6-7-13(10)20-9-15-17-12-4-2-3-5-14(12)21-15/h2-8H,9H2,1H3,(H,18,19). The predicted molar refractivity (Wildman–Crippen MR) is 82.1 cm³/mol. The Hall–Kier alpha value is -2.40. The van der Waals surface area contributed by atoms with Crippen molar-refractivity contribution in [1.29, 1.82) is 0 Å². The van der Waals surface area contributed by atoms with E-state index in [0.717, 1.165) is 20.8 Å². The molecule has 0 atom stereocenters. The molecule has 2 aromatic carbocycles. The topological polar surface area (TPSA) is 59.4 Å². The van der Waals surface area contributed by atoms with Crippen molar-refractivity contribution >= 4 is 27.5 Å². The lowest BCUT2D eigenvalue weighted by Crippen LogP contribution is -2.00. The molecule has 0 saturated carbocycles. The van der Waals surface area contributed by atoms with Crippen molar-refractivity contribution in [3.8, 4) is 5.75 Å². The van der Waals surface area contributed by atoms with Crippen molar-refractivity contribution in [1.82, 2.24) is 4.98 Å². The maximum atomic E-state index is 10.9. The van der Waals surface area contributed by atoms with Crippen LogP contribution in [0.2, 0.25) is 0 Å². The fourth-order valence-corrected chi connectivity index (χ4v) is 2.95. The van der Waals surface area contributed by atoms with Gasteiger partial charge >= 0.3 is 5.97 Å². The van der Waals surface area contributed by atoms with Gasteiger partial charge in [0.1, 0.15) is 17.4 Å². The molecule has 3 rings (SSSR count). The van der Waals surface area contributed by atoms with Crippen LogP contribution in [0.1, 0.15) is 20.9 Å². The van der Waals surface area contributed by atoms with Gasteiger partial charge < -0.3 is 9.84 Å². The molecule has 3 aromatic rings. The maximum absolute atomic E-state index is 10.9. The fraction of sp³-hybridized carbons (Fsp3) is 0.125. The van der Waals surface area contributed by atoms with Gasteiger partial charge in [-0.25, -0.2) is 9.78 Å². The molecule has 0 unspecified atom stereocenters. The van der Waals surface area contributed by atoms with Gasteiger partial charge in [-0.15, -0.1) is 11.3 Å². The molecule has 0 bridgehead atoms. The lowest BCUT2D eigenvalue weighted by atomic mass is 10.1. The molecule has 0 aliphatic carbocycles. The van der Waals surface area contributed by atoms with Gasteiger partial charge in [-0.05, 0) is 42.8 Å². The molecule has 0 aliphatic rings. The molecule has 0 aliphatic heterocycles. The van der Waals surface area contributed by atoms with E-state index in [2.05, 4.69) is 4.98 Å². The number of carbonyl (C=O) groups is 1. The van der Waals surface area contributed by atoms with Crippen LogP contribution >= 0.6 is 11.3 Å². The Morgan fingerprint density at radius 1 is 1.29 bits per heavy atom. The number of hydrogen-bond donors (Lipinski definition) is 1. The number of hydrogen-bond acceptors (Lipinski definition) is 4. The Labute approximate surface area is 125 Å². The Balaban J connectivity index is 1.76. The van der Waals surface area contributed by atoms with Crippen LogP contribution in [-0.2, 0) is 6.61 Å². The zero-order valence-corrected chi connectivity index (χ0v) is 12.2. The van der Waals surface area contributed by atoms with E-state index in [1.165, 1.54) is 0 Å². The highest BCUT2D eigenvalue weighted by molar-refractivity contribution is 7.18. The van der Waals surface area contributed by atoms with Crippen LogP contribution in [0.3, 0.4) is 0 Å². The molecule has 1 heterocycles. The van der Waals surface area contributed by atoms with Gasteiger partial charge in [0.2, 0.25) is 0 Å². The van der Waals surface area contributed by atoms with Crippen LogP contribution in [-0.4, -0.2) is 16.1 Å². The average Bonchev–Trinajstić information content (AvgIpc) is 2.88. The molecule has 0 saturated heterocycles. The number of nitrogens with zero attached hydrogens (tertiary/aromatic N) is 1. The smallest absolute Gasteiger partial charge is 0.335 e. The van der Waals surface area contributed by atoms with E-state index in [1.54, 1.807) is 29.5 Å². The molecule has 4 nitrogen and oxygen atoms in total. The van der Waals surface area contributed by atoms with Crippen LogP contribution in [0.15, 0.2) is 42.5 Å². The number of aromatic nitrogens is 1. The largest absolute Gasteiger partial charge is 0.486 e. The van der Waals surface area contributed by atoms with Gasteiger partial charge in [0.05, 0.1) is 15.8 Å². The molecule has 0 amide bonds. The lowest BCUT2D eigenvalue weighted by Gasteiger charge is -2.08. The minimum absolute atomic E-state index is 0.264. The summed E-state index contributed by atoms with van der Waals surface area (Å²) in [6, 6.07) is 12.8. The molecule has 21 heavy (non-hydrogen) atoms. The Bertz CT molecular complexity index is 777. The number of aromatic carboxylic acids is 1. The van der Waals surface area contributed by atoms with Crippen molar-refractivity contribution < 1.29 is 14.6 Å². The maximum Gasteiger partial charge on any atom is 0.335 e. The van der Waals surface area contributed by atoms with Crippen molar-refractivity contribution in [2.45, 2.75) is 13.5 Å². The lowest BCUT2D eigenvalue weighted by molar-refractivity contribution is 0.0696. The number of rotatable bonds is 4. The zero-order chi connectivity index (χ0) is 14.8. The van der Waals surface area contributed by atoms with Crippen LogP contribution in [0, 0.1) is 6.92 Å². The molecule has 5 heteroatoms. The average molecular weight is 299 g/mol. The second kappa shape index (κ2) is 5.54. The molecule has 0 fully saturated rings. The van der Waals surface area contributed by atoms with Crippen molar-refractivity contribution in [3.63, 3.8) is 0 Å². The minimum Gasteiger partial charge on any atom is -0.486 e. The van der Waals surface area contributed by atoms with Crippen molar-refractivity contribution in [3.05, 3.63) is 58.6 Å². The van der Waals surface area contributed by atoms with E-state index in [-0.39, 0.29) is 5.56 Å². The van der Waals surface area contributed by atoms with Crippen LogP contribution in [0.4, 0.5) is 0 Å². The first-order chi connectivity index (χ1) is 10.1. The number of aryl methyl sites for hydroxylation is 1. The highest BCUT2D eigenvalue weighted by Gasteiger charge is 2.08. The SMILES string of the molecule is Cc1cc(C(=O)O)ccc1OCc1nc2ccccc2s1. The number of carboxylic acid groups (broad SMARTS) is 1. The molecular formula is C16H13NO3S. The second-order valence-electron chi connectivity index (χ2n) is 4.65. The molecular weight excluding hydrogens is 286 g/mol. The third-order valence-electron chi connectivity index (χ3n) is 3.11. The van der Waals surface area contributed by atoms with E-state index in [9.17, 15) is 4.79 Å². The minimum atomic E-state index is -0.934. The third-order valence-corrected chi connectivity index (χ3v) is 4.12. The second-order valence-corrected chi connectivity index (χ2v) is 5.76. The van der Waals surface area contributed by atoms with Gasteiger partial charge in [0.25, 0.3) is 0 Å². The number of benzene rings is 2. The molecule has 1 aromatic heterocycles. The molecule has 106 valence electrons. The number of carboxylic acids is 1. The summed E-state index contributed by atoms with van der Waals surface area (Å²) in [4.78, 5) is 15.4. The highest BCUT2D eigenvalue weighted by atomic mass is 32.1. The van der Waals surface area contributed by atoms with Crippen molar-refractivity contribution in [2.75, 3.05) is 0 Å². The first kappa shape index (κ1) is 13.6. The quantitative estimate of drug-likeness (QED) is 0.794. The number of ether oxygens (including phenoxy) is 1. The fourth-order valence-electron chi connectivity index (χ4n) is 2.07. The summed E-state index contributed by atoms with van der Waals surface area (Å²) in [5.41, 5.74) is 2.04. The first-order valence-corrected chi connectivity index (χ1v) is 7.26. The number of thiazole rings is 1. The van der Waals surface area contributed by atoms with E-state index >= 15 is 0 Å². The van der Waals surface area contributed by atoms with E-state index in [1.807, 2.05) is 31.2 Å². The van der Waals surface area contributed by atoms with E-state index in [4.69, 9.17) is 9.84 Å². The summed E-state index contributed by atoms with van der Waals surface area (Å²) in [6.07, 6.45) is 0. The monoisotopic (exact) mass is 299 g/mol. The van der Waals surface area contributed by atoms with Crippen LogP contribution < -0.4 is 4.74 Å². The van der Waals surface area contributed by atoms with Crippen molar-refractivity contribution in [2.24, 2.45) is 0 Å². The summed E-state index contributed by atoms with van der Waals surface area (Å²) >= 11 is 1.60. The highest BCUT2D eigenvalue weighted by Crippen LogP contribution is 2.24. The summed E-state index contributed by atoms with van der Waals surface area (Å²) in [5, 5.41) is 9.84. The number of para-hydroxylation sites is 1. The summed E-state index contributed by atoms with van der Waals surface area (Å²) in [5.74, 6) is -0.255.